The second kappa shape index (κ2) is 2.98. The molecule has 0 amide bonds. The molecule has 0 aromatic heterocycles. The van der Waals surface area contributed by atoms with Crippen molar-refractivity contribution in [2.24, 2.45) is 17.8 Å². The van der Waals surface area contributed by atoms with E-state index in [2.05, 4.69) is 0 Å². The van der Waals surface area contributed by atoms with Gasteiger partial charge in [0.2, 0.25) is 0 Å². The van der Waals surface area contributed by atoms with Crippen molar-refractivity contribution in [3.8, 4) is 0 Å². The zero-order valence-corrected chi connectivity index (χ0v) is 7.27. The molecule has 2 aliphatic rings. The third-order valence-corrected chi connectivity index (χ3v) is 3.01. The maximum atomic E-state index is 11.5. The molecule has 2 aliphatic carbocycles. The molecule has 1 N–H and O–H groups in total. The summed E-state index contributed by atoms with van der Waals surface area (Å²) in [5, 5.41) is 8.84. The van der Waals surface area contributed by atoms with Crippen molar-refractivity contribution in [1.29, 1.82) is 0 Å². The summed E-state index contributed by atoms with van der Waals surface area (Å²) in [6.07, 6.45) is 5.65. The highest BCUT2D eigenvalue weighted by atomic mass is 16.4. The molecule has 2 rings (SSSR count). The maximum Gasteiger partial charge on any atom is 0.306 e. The Kier molecular flexibility index (Phi) is 1.94. The monoisotopic (exact) mass is 180 g/mol. The van der Waals surface area contributed by atoms with Gasteiger partial charge in [0.1, 0.15) is 5.78 Å². The number of carbonyl (C=O) groups excluding carboxylic acids is 1. The lowest BCUT2D eigenvalue weighted by atomic mass is 9.70. The van der Waals surface area contributed by atoms with E-state index in [1.54, 1.807) is 0 Å². The van der Waals surface area contributed by atoms with Crippen molar-refractivity contribution in [1.82, 2.24) is 0 Å². The number of Topliss-reactive ketones (excluding diaryl/α,β-unsaturated/α-hetero) is 1. The summed E-state index contributed by atoms with van der Waals surface area (Å²) in [6, 6.07) is 0. The standard InChI is InChI=1S/C10H12O3/c11-9-6-2-1-3-7(9)5-8(4-6)10(12)13/h1-2,6-8H,3-5H2,(H,12,13). The molecule has 2 bridgehead atoms. The summed E-state index contributed by atoms with van der Waals surface area (Å²) in [5.41, 5.74) is 0. The fraction of sp³-hybridized carbons (Fsp3) is 0.600. The molecule has 0 radical (unpaired) electrons. The first-order valence-corrected chi connectivity index (χ1v) is 4.61. The average molecular weight is 180 g/mol. The van der Waals surface area contributed by atoms with Gasteiger partial charge in [-0.3, -0.25) is 9.59 Å². The SMILES string of the molecule is O=C(O)C1CC2C=CCC(C1)C2=O. The number of aliphatic carboxylic acids is 1. The Morgan fingerprint density at radius 3 is 2.85 bits per heavy atom. The lowest BCUT2D eigenvalue weighted by molar-refractivity contribution is -0.145. The summed E-state index contributed by atoms with van der Waals surface area (Å²) in [7, 11) is 0. The van der Waals surface area contributed by atoms with Crippen LogP contribution in [0.1, 0.15) is 19.3 Å². The van der Waals surface area contributed by atoms with Crippen LogP contribution in [0.15, 0.2) is 12.2 Å². The molecule has 0 aromatic rings. The van der Waals surface area contributed by atoms with Gasteiger partial charge in [-0.1, -0.05) is 12.2 Å². The van der Waals surface area contributed by atoms with E-state index in [-0.39, 0.29) is 23.5 Å². The van der Waals surface area contributed by atoms with Crippen LogP contribution in [0.2, 0.25) is 0 Å². The number of carboxylic acid groups (broad SMARTS) is 1. The minimum absolute atomic E-state index is 0.0233. The summed E-state index contributed by atoms with van der Waals surface area (Å²) in [6.45, 7) is 0. The predicted octanol–water partition coefficient (Wildman–Crippen LogP) is 1.24. The van der Waals surface area contributed by atoms with Crippen LogP contribution in [-0.2, 0) is 9.59 Å². The van der Waals surface area contributed by atoms with Crippen LogP contribution in [0.25, 0.3) is 0 Å². The zero-order chi connectivity index (χ0) is 9.42. The van der Waals surface area contributed by atoms with Crippen LogP contribution in [0.4, 0.5) is 0 Å². The predicted molar refractivity (Wildman–Crippen MR) is 46.1 cm³/mol. The molecular weight excluding hydrogens is 168 g/mol. The molecule has 3 heteroatoms. The largest absolute Gasteiger partial charge is 0.481 e. The van der Waals surface area contributed by atoms with Crippen LogP contribution < -0.4 is 0 Å². The van der Waals surface area contributed by atoms with Crippen LogP contribution in [0.5, 0.6) is 0 Å². The van der Waals surface area contributed by atoms with Crippen molar-refractivity contribution in [2.45, 2.75) is 19.3 Å². The second-order valence-electron chi connectivity index (χ2n) is 3.88. The highest BCUT2D eigenvalue weighted by Crippen LogP contribution is 2.36. The van der Waals surface area contributed by atoms with E-state index < -0.39 is 5.97 Å². The molecule has 1 saturated carbocycles. The quantitative estimate of drug-likeness (QED) is 0.618. The summed E-state index contributed by atoms with van der Waals surface area (Å²) in [5.74, 6) is -0.950. The molecule has 3 unspecified atom stereocenters. The number of hydrogen-bond donors (Lipinski definition) is 1. The van der Waals surface area contributed by atoms with E-state index in [1.165, 1.54) is 0 Å². The molecule has 3 atom stereocenters. The molecule has 0 saturated heterocycles. The van der Waals surface area contributed by atoms with Gasteiger partial charge < -0.3 is 5.11 Å². The first kappa shape index (κ1) is 8.48. The third-order valence-electron chi connectivity index (χ3n) is 3.01. The molecule has 70 valence electrons. The number of ketones is 1. The summed E-state index contributed by atoms with van der Waals surface area (Å²) < 4.78 is 0. The summed E-state index contributed by atoms with van der Waals surface area (Å²) in [4.78, 5) is 22.3. The number of carboxylic acids is 1. The van der Waals surface area contributed by atoms with Crippen molar-refractivity contribution < 1.29 is 14.7 Å². The number of carbonyl (C=O) groups is 2. The lowest BCUT2D eigenvalue weighted by Crippen LogP contribution is -2.36. The highest BCUT2D eigenvalue weighted by molar-refractivity contribution is 5.88. The van der Waals surface area contributed by atoms with Gasteiger partial charge in [0.25, 0.3) is 0 Å². The third kappa shape index (κ3) is 1.39. The van der Waals surface area contributed by atoms with Crippen LogP contribution >= 0.6 is 0 Å². The van der Waals surface area contributed by atoms with Gasteiger partial charge in [0.05, 0.1) is 5.92 Å². The van der Waals surface area contributed by atoms with Crippen molar-refractivity contribution in [2.75, 3.05) is 0 Å². The van der Waals surface area contributed by atoms with E-state index in [0.717, 1.165) is 6.42 Å². The Morgan fingerprint density at radius 1 is 1.46 bits per heavy atom. The Morgan fingerprint density at radius 2 is 2.23 bits per heavy atom. The second-order valence-corrected chi connectivity index (χ2v) is 3.88. The number of hydrogen-bond acceptors (Lipinski definition) is 2. The molecule has 13 heavy (non-hydrogen) atoms. The molecular formula is C10H12O3. The normalized spacial score (nSPS) is 37.5. The molecule has 1 fully saturated rings. The van der Waals surface area contributed by atoms with Crippen molar-refractivity contribution >= 4 is 11.8 Å². The Labute approximate surface area is 76.4 Å². The molecule has 0 aromatic carbocycles. The lowest BCUT2D eigenvalue weighted by Gasteiger charge is -2.32. The minimum atomic E-state index is -0.752. The highest BCUT2D eigenvalue weighted by Gasteiger charge is 2.39. The van der Waals surface area contributed by atoms with E-state index in [0.29, 0.717) is 12.8 Å². The fourth-order valence-corrected chi connectivity index (χ4v) is 2.28. The van der Waals surface area contributed by atoms with Crippen molar-refractivity contribution in [3.05, 3.63) is 12.2 Å². The topological polar surface area (TPSA) is 54.4 Å². The van der Waals surface area contributed by atoms with Gasteiger partial charge in [-0.2, -0.15) is 0 Å². The fourth-order valence-electron chi connectivity index (χ4n) is 2.28. The molecule has 0 aliphatic heterocycles. The van der Waals surface area contributed by atoms with E-state index in [9.17, 15) is 9.59 Å². The molecule has 0 spiro atoms. The van der Waals surface area contributed by atoms with Gasteiger partial charge in [-0.05, 0) is 19.3 Å². The van der Waals surface area contributed by atoms with E-state index in [1.807, 2.05) is 12.2 Å². The van der Waals surface area contributed by atoms with Gasteiger partial charge in [0.15, 0.2) is 0 Å². The molecule has 3 nitrogen and oxygen atoms in total. The van der Waals surface area contributed by atoms with E-state index >= 15 is 0 Å². The van der Waals surface area contributed by atoms with Crippen LogP contribution in [0, 0.1) is 17.8 Å². The van der Waals surface area contributed by atoms with Crippen molar-refractivity contribution in [3.63, 3.8) is 0 Å². The van der Waals surface area contributed by atoms with Crippen LogP contribution in [-0.4, -0.2) is 16.9 Å². The number of allylic oxidation sites excluding steroid dienone is 2. The van der Waals surface area contributed by atoms with E-state index in [4.69, 9.17) is 5.11 Å². The molecule has 0 heterocycles. The van der Waals surface area contributed by atoms with Gasteiger partial charge >= 0.3 is 5.97 Å². The average Bonchev–Trinajstić information content (AvgIpc) is 2.02. The Bertz CT molecular complexity index is 280. The zero-order valence-electron chi connectivity index (χ0n) is 7.27. The van der Waals surface area contributed by atoms with Gasteiger partial charge in [-0.15, -0.1) is 0 Å². The Balaban J connectivity index is 2.18. The number of fused-ring (bicyclic) bond motifs is 2. The number of rotatable bonds is 1. The van der Waals surface area contributed by atoms with Gasteiger partial charge in [0, 0.05) is 11.8 Å². The first-order valence-electron chi connectivity index (χ1n) is 4.61. The minimum Gasteiger partial charge on any atom is -0.481 e. The van der Waals surface area contributed by atoms with Gasteiger partial charge in [-0.25, -0.2) is 0 Å². The first-order chi connectivity index (χ1) is 6.18. The van der Waals surface area contributed by atoms with Crippen LogP contribution in [0.3, 0.4) is 0 Å². The smallest absolute Gasteiger partial charge is 0.306 e. The maximum absolute atomic E-state index is 11.5. The summed E-state index contributed by atoms with van der Waals surface area (Å²) >= 11 is 0. The Hall–Kier alpha value is -1.12.